The van der Waals surface area contributed by atoms with Crippen molar-refractivity contribution in [1.82, 2.24) is 0 Å². The van der Waals surface area contributed by atoms with Crippen molar-refractivity contribution in [2.24, 2.45) is 0 Å². The van der Waals surface area contributed by atoms with Crippen LogP contribution in [0.5, 0.6) is 23.0 Å². The molecule has 0 heterocycles. The largest absolute Gasteiger partial charge is 0.475 e. The first-order valence-electron chi connectivity index (χ1n) is 8.02. The third-order valence-electron chi connectivity index (χ3n) is 3.44. The van der Waals surface area contributed by atoms with Crippen molar-refractivity contribution in [1.29, 1.82) is 0 Å². The first-order valence-corrected chi connectivity index (χ1v) is 8.02. The van der Waals surface area contributed by atoms with Crippen molar-refractivity contribution in [2.75, 3.05) is 6.61 Å². The van der Waals surface area contributed by atoms with Crippen LogP contribution in [0.15, 0.2) is 78.9 Å². The van der Waals surface area contributed by atoms with E-state index in [-0.39, 0.29) is 11.4 Å². The van der Waals surface area contributed by atoms with Crippen LogP contribution in [0.3, 0.4) is 0 Å². The average molecular weight is 365 g/mol. The van der Waals surface area contributed by atoms with E-state index in [0.29, 0.717) is 17.2 Å². The molecule has 0 saturated carbocycles. The fourth-order valence-corrected chi connectivity index (χ4v) is 2.23. The second-order valence-electron chi connectivity index (χ2n) is 5.37. The fourth-order valence-electron chi connectivity index (χ4n) is 2.23. The minimum absolute atomic E-state index is 0.00561. The Kier molecular flexibility index (Phi) is 5.64. The number of nitrogens with zero attached hydrogens (tertiary/aromatic N) is 1. The Bertz CT molecular complexity index is 925. The highest BCUT2D eigenvalue weighted by molar-refractivity contribution is 5.74. The third-order valence-corrected chi connectivity index (χ3v) is 3.44. The minimum atomic E-state index is -0.676. The topological polar surface area (TPSA) is 87.9 Å². The molecule has 0 atom stereocenters. The zero-order valence-corrected chi connectivity index (χ0v) is 14.1. The molecular weight excluding hydrogens is 350 g/mol. The molecule has 136 valence electrons. The highest BCUT2D eigenvalue weighted by Gasteiger charge is 2.15. The smallest absolute Gasteiger partial charge is 0.349 e. The van der Waals surface area contributed by atoms with Crippen molar-refractivity contribution in [3.05, 3.63) is 89.0 Å². The van der Waals surface area contributed by atoms with E-state index in [9.17, 15) is 14.9 Å². The van der Waals surface area contributed by atoms with Gasteiger partial charge in [-0.25, -0.2) is 4.79 Å². The third kappa shape index (κ3) is 5.05. The van der Waals surface area contributed by atoms with Gasteiger partial charge in [-0.3, -0.25) is 10.1 Å². The number of benzene rings is 3. The predicted octanol–water partition coefficient (Wildman–Crippen LogP) is 4.37. The van der Waals surface area contributed by atoms with E-state index >= 15 is 0 Å². The Morgan fingerprint density at radius 3 is 2.11 bits per heavy atom. The number of nitro groups is 1. The SMILES string of the molecule is O=C(COc1ccccc1[N+](=O)[O-])Oc1ccc(Oc2ccccc2)cc1. The van der Waals surface area contributed by atoms with E-state index in [1.54, 1.807) is 30.3 Å². The number of rotatable bonds is 7. The Morgan fingerprint density at radius 2 is 1.41 bits per heavy atom. The van der Waals surface area contributed by atoms with Gasteiger partial charge < -0.3 is 14.2 Å². The van der Waals surface area contributed by atoms with Gasteiger partial charge in [-0.1, -0.05) is 30.3 Å². The van der Waals surface area contributed by atoms with E-state index in [2.05, 4.69) is 0 Å². The van der Waals surface area contributed by atoms with Crippen molar-refractivity contribution in [3.63, 3.8) is 0 Å². The number of hydrogen-bond acceptors (Lipinski definition) is 6. The van der Waals surface area contributed by atoms with Crippen LogP contribution in [-0.2, 0) is 4.79 Å². The minimum Gasteiger partial charge on any atom is -0.475 e. The Morgan fingerprint density at radius 1 is 0.815 bits per heavy atom. The quantitative estimate of drug-likeness (QED) is 0.267. The number of para-hydroxylation sites is 3. The second kappa shape index (κ2) is 8.48. The molecule has 7 nitrogen and oxygen atoms in total. The molecule has 0 radical (unpaired) electrons. The summed E-state index contributed by atoms with van der Waals surface area (Å²) < 4.78 is 16.0. The van der Waals surface area contributed by atoms with Gasteiger partial charge in [0.2, 0.25) is 0 Å². The average Bonchev–Trinajstić information content (AvgIpc) is 2.69. The van der Waals surface area contributed by atoms with Crippen LogP contribution in [-0.4, -0.2) is 17.5 Å². The van der Waals surface area contributed by atoms with Gasteiger partial charge in [0.15, 0.2) is 12.4 Å². The van der Waals surface area contributed by atoms with Crippen LogP contribution in [0.1, 0.15) is 0 Å². The molecule has 0 aliphatic heterocycles. The molecule has 0 saturated heterocycles. The molecule has 0 aliphatic carbocycles. The van der Waals surface area contributed by atoms with Crippen LogP contribution in [0.25, 0.3) is 0 Å². The van der Waals surface area contributed by atoms with Crippen LogP contribution >= 0.6 is 0 Å². The molecule has 3 aromatic rings. The molecule has 0 unspecified atom stereocenters. The maximum absolute atomic E-state index is 11.9. The van der Waals surface area contributed by atoms with Crippen LogP contribution in [0.2, 0.25) is 0 Å². The number of esters is 1. The number of carbonyl (C=O) groups excluding carboxylic acids is 1. The molecule has 0 fully saturated rings. The van der Waals surface area contributed by atoms with Crippen molar-refractivity contribution in [2.45, 2.75) is 0 Å². The zero-order valence-electron chi connectivity index (χ0n) is 14.1. The lowest BCUT2D eigenvalue weighted by molar-refractivity contribution is -0.385. The molecule has 0 bridgehead atoms. The van der Waals surface area contributed by atoms with Crippen molar-refractivity contribution >= 4 is 11.7 Å². The lowest BCUT2D eigenvalue weighted by atomic mass is 10.3. The second-order valence-corrected chi connectivity index (χ2v) is 5.37. The summed E-state index contributed by atoms with van der Waals surface area (Å²) in [5.41, 5.74) is -0.215. The van der Waals surface area contributed by atoms with E-state index in [1.165, 1.54) is 18.2 Å². The van der Waals surface area contributed by atoms with Gasteiger partial charge >= 0.3 is 11.7 Å². The highest BCUT2D eigenvalue weighted by Crippen LogP contribution is 2.26. The van der Waals surface area contributed by atoms with Gasteiger partial charge in [-0.05, 0) is 42.5 Å². The molecule has 0 aliphatic rings. The van der Waals surface area contributed by atoms with Crippen LogP contribution in [0, 0.1) is 10.1 Å². The summed E-state index contributed by atoms with van der Waals surface area (Å²) in [5, 5.41) is 10.9. The van der Waals surface area contributed by atoms with Gasteiger partial charge in [0.05, 0.1) is 4.92 Å². The number of hydrogen-bond donors (Lipinski definition) is 0. The van der Waals surface area contributed by atoms with Gasteiger partial charge in [-0.15, -0.1) is 0 Å². The standard InChI is InChI=1S/C20H15NO6/c22-20(14-25-19-9-5-4-8-18(19)21(23)24)27-17-12-10-16(11-13-17)26-15-6-2-1-3-7-15/h1-13H,14H2. The molecule has 0 N–H and O–H groups in total. The van der Waals surface area contributed by atoms with Crippen molar-refractivity contribution in [3.8, 4) is 23.0 Å². The van der Waals surface area contributed by atoms with E-state index in [1.807, 2.05) is 30.3 Å². The van der Waals surface area contributed by atoms with E-state index < -0.39 is 17.5 Å². The number of ether oxygens (including phenoxy) is 3. The maximum atomic E-state index is 11.9. The molecule has 0 aromatic heterocycles. The first kappa shape index (κ1) is 17.9. The normalized spacial score (nSPS) is 10.1. The van der Waals surface area contributed by atoms with Gasteiger partial charge in [0.1, 0.15) is 17.2 Å². The molecule has 27 heavy (non-hydrogen) atoms. The van der Waals surface area contributed by atoms with Crippen molar-refractivity contribution < 1.29 is 23.9 Å². The maximum Gasteiger partial charge on any atom is 0.349 e. The van der Waals surface area contributed by atoms with Gasteiger partial charge in [0.25, 0.3) is 0 Å². The van der Waals surface area contributed by atoms with Crippen LogP contribution in [0.4, 0.5) is 5.69 Å². The van der Waals surface area contributed by atoms with Gasteiger partial charge in [-0.2, -0.15) is 0 Å². The Balaban J connectivity index is 1.54. The molecular formula is C20H15NO6. The number of nitro benzene ring substituents is 1. The highest BCUT2D eigenvalue weighted by atomic mass is 16.6. The molecule has 7 heteroatoms. The lowest BCUT2D eigenvalue weighted by Gasteiger charge is -2.08. The Labute approximate surface area is 154 Å². The zero-order chi connectivity index (χ0) is 19.1. The summed E-state index contributed by atoms with van der Waals surface area (Å²) in [7, 11) is 0. The summed E-state index contributed by atoms with van der Waals surface area (Å²) in [5.74, 6) is 0.930. The molecule has 0 spiro atoms. The van der Waals surface area contributed by atoms with E-state index in [4.69, 9.17) is 14.2 Å². The first-order chi connectivity index (χ1) is 13.1. The summed E-state index contributed by atoms with van der Waals surface area (Å²) >= 11 is 0. The Hall–Kier alpha value is -3.87. The lowest BCUT2D eigenvalue weighted by Crippen LogP contribution is -2.18. The van der Waals surface area contributed by atoms with E-state index in [0.717, 1.165) is 0 Å². The summed E-state index contributed by atoms with van der Waals surface area (Å²) in [4.78, 5) is 22.2. The predicted molar refractivity (Wildman–Crippen MR) is 97.2 cm³/mol. The molecule has 3 aromatic carbocycles. The summed E-state index contributed by atoms with van der Waals surface area (Å²) in [6, 6.07) is 21.6. The number of carbonyl (C=O) groups is 1. The molecule has 3 rings (SSSR count). The summed E-state index contributed by atoms with van der Waals surface area (Å²) in [6.07, 6.45) is 0. The van der Waals surface area contributed by atoms with Gasteiger partial charge in [0, 0.05) is 6.07 Å². The monoisotopic (exact) mass is 365 g/mol. The fraction of sp³-hybridized carbons (Fsp3) is 0.0500. The van der Waals surface area contributed by atoms with Crippen LogP contribution < -0.4 is 14.2 Å². The molecule has 0 amide bonds. The summed E-state index contributed by atoms with van der Waals surface area (Å²) in [6.45, 7) is -0.451.